The first-order valence-corrected chi connectivity index (χ1v) is 5.40. The van der Waals surface area contributed by atoms with E-state index in [1.165, 1.54) is 0 Å². The van der Waals surface area contributed by atoms with Crippen LogP contribution in [0.4, 0.5) is 5.82 Å². The quantitative estimate of drug-likeness (QED) is 0.802. The Morgan fingerprint density at radius 3 is 2.08 bits per heavy atom. The summed E-state index contributed by atoms with van der Waals surface area (Å²) in [6.45, 7) is 6.19. The molecule has 13 heavy (non-hydrogen) atoms. The highest BCUT2D eigenvalue weighted by Crippen LogP contribution is 2.29. The summed E-state index contributed by atoms with van der Waals surface area (Å²) in [6, 6.07) is 0. The first-order chi connectivity index (χ1) is 5.82. The molecule has 0 unspecified atom stereocenters. The molecule has 1 aromatic rings. The number of hydrogen-bond donors (Lipinski definition) is 1. The molecule has 0 saturated carbocycles. The molecule has 0 spiro atoms. The van der Waals surface area contributed by atoms with Crippen molar-refractivity contribution in [1.29, 1.82) is 0 Å². The maximum atomic E-state index is 5.64. The number of nitrogens with two attached hydrogens (primary N) is 1. The number of nitrogens with zero attached hydrogens (tertiary/aromatic N) is 2. The van der Waals surface area contributed by atoms with Gasteiger partial charge in [0.1, 0.15) is 9.21 Å². The zero-order chi connectivity index (χ0) is 10.2. The van der Waals surface area contributed by atoms with Gasteiger partial charge in [-0.1, -0.05) is 20.8 Å². The molecule has 1 rings (SSSR count). The van der Waals surface area contributed by atoms with Gasteiger partial charge in [-0.05, 0) is 31.9 Å². The van der Waals surface area contributed by atoms with Crippen molar-refractivity contribution in [3.8, 4) is 0 Å². The fourth-order valence-corrected chi connectivity index (χ4v) is 2.25. The van der Waals surface area contributed by atoms with Crippen LogP contribution in [-0.2, 0) is 5.41 Å². The second-order valence-corrected chi connectivity index (χ2v) is 5.29. The van der Waals surface area contributed by atoms with Crippen LogP contribution >= 0.6 is 31.9 Å². The van der Waals surface area contributed by atoms with Gasteiger partial charge >= 0.3 is 0 Å². The highest BCUT2D eigenvalue weighted by molar-refractivity contribution is 9.11. The summed E-state index contributed by atoms with van der Waals surface area (Å²) in [5, 5.41) is 0. The van der Waals surface area contributed by atoms with Gasteiger partial charge in [-0.15, -0.1) is 0 Å². The highest BCUT2D eigenvalue weighted by atomic mass is 79.9. The minimum absolute atomic E-state index is 0.0549. The third kappa shape index (κ3) is 2.40. The fourth-order valence-electron chi connectivity index (χ4n) is 0.886. The predicted octanol–water partition coefficient (Wildman–Crippen LogP) is 2.88. The molecule has 0 fully saturated rings. The lowest BCUT2D eigenvalue weighted by Crippen LogP contribution is -2.16. The van der Waals surface area contributed by atoms with E-state index in [9.17, 15) is 0 Å². The third-order valence-electron chi connectivity index (χ3n) is 1.55. The zero-order valence-corrected chi connectivity index (χ0v) is 10.9. The van der Waals surface area contributed by atoms with Gasteiger partial charge < -0.3 is 5.73 Å². The van der Waals surface area contributed by atoms with Gasteiger partial charge in [0.25, 0.3) is 0 Å². The maximum absolute atomic E-state index is 5.64. The van der Waals surface area contributed by atoms with Crippen molar-refractivity contribution in [3.63, 3.8) is 0 Å². The van der Waals surface area contributed by atoms with Crippen molar-refractivity contribution in [3.05, 3.63) is 14.9 Å². The molecular formula is C8H11Br2N3. The molecule has 5 heteroatoms. The molecule has 0 aliphatic rings. The Balaban J connectivity index is 3.32. The molecule has 72 valence electrons. The van der Waals surface area contributed by atoms with E-state index in [0.717, 1.165) is 10.3 Å². The Labute approximate surface area is 94.4 Å². The number of anilines is 1. The van der Waals surface area contributed by atoms with Crippen molar-refractivity contribution in [1.82, 2.24) is 9.97 Å². The Morgan fingerprint density at radius 1 is 1.08 bits per heavy atom. The monoisotopic (exact) mass is 307 g/mol. The van der Waals surface area contributed by atoms with Crippen molar-refractivity contribution in [2.45, 2.75) is 26.2 Å². The van der Waals surface area contributed by atoms with E-state index in [0.29, 0.717) is 10.4 Å². The van der Waals surface area contributed by atoms with E-state index in [4.69, 9.17) is 5.73 Å². The molecular weight excluding hydrogens is 298 g/mol. The van der Waals surface area contributed by atoms with Crippen LogP contribution in [0.2, 0.25) is 0 Å². The lowest BCUT2D eigenvalue weighted by Gasteiger charge is -2.19. The molecule has 0 bridgehead atoms. The molecule has 0 amide bonds. The van der Waals surface area contributed by atoms with Crippen molar-refractivity contribution < 1.29 is 0 Å². The molecule has 0 saturated heterocycles. The van der Waals surface area contributed by atoms with Crippen molar-refractivity contribution in [2.75, 3.05) is 5.73 Å². The molecule has 3 nitrogen and oxygen atoms in total. The minimum Gasteiger partial charge on any atom is -0.381 e. The van der Waals surface area contributed by atoms with Gasteiger partial charge in [0.15, 0.2) is 5.82 Å². The van der Waals surface area contributed by atoms with Crippen LogP contribution in [0.15, 0.2) is 9.21 Å². The molecule has 0 atom stereocenters. The first-order valence-electron chi connectivity index (χ1n) is 3.81. The van der Waals surface area contributed by atoms with Gasteiger partial charge in [0.05, 0.1) is 5.69 Å². The van der Waals surface area contributed by atoms with E-state index < -0.39 is 0 Å². The number of halogens is 2. The van der Waals surface area contributed by atoms with Crippen LogP contribution in [0.1, 0.15) is 26.5 Å². The standard InChI is InChI=1S/C8H11Br2N3/c1-8(2,3)4-5(9)13-6(10)7(11)12-4/h1-3H3,(H2,11,12). The Morgan fingerprint density at radius 2 is 1.62 bits per heavy atom. The van der Waals surface area contributed by atoms with Crippen LogP contribution in [0.25, 0.3) is 0 Å². The molecule has 0 radical (unpaired) electrons. The second kappa shape index (κ2) is 3.53. The van der Waals surface area contributed by atoms with Crippen LogP contribution in [-0.4, -0.2) is 9.97 Å². The molecule has 2 N–H and O–H groups in total. The summed E-state index contributed by atoms with van der Waals surface area (Å²) in [5.41, 5.74) is 6.46. The first kappa shape index (κ1) is 10.9. The van der Waals surface area contributed by atoms with Gasteiger partial charge in [0, 0.05) is 5.41 Å². The highest BCUT2D eigenvalue weighted by Gasteiger charge is 2.21. The minimum atomic E-state index is -0.0549. The number of aromatic nitrogens is 2. The van der Waals surface area contributed by atoms with Crippen LogP contribution in [0.5, 0.6) is 0 Å². The van der Waals surface area contributed by atoms with E-state index in [1.54, 1.807) is 0 Å². The van der Waals surface area contributed by atoms with E-state index in [2.05, 4.69) is 62.6 Å². The summed E-state index contributed by atoms with van der Waals surface area (Å²) in [4.78, 5) is 8.45. The SMILES string of the molecule is CC(C)(C)c1nc(N)c(Br)nc1Br. The lowest BCUT2D eigenvalue weighted by molar-refractivity contribution is 0.561. The summed E-state index contributed by atoms with van der Waals surface area (Å²) >= 11 is 6.58. The van der Waals surface area contributed by atoms with Gasteiger partial charge in [-0.3, -0.25) is 0 Å². The molecule has 0 aliphatic heterocycles. The lowest BCUT2D eigenvalue weighted by atomic mass is 9.93. The average molecular weight is 309 g/mol. The maximum Gasteiger partial charge on any atom is 0.157 e. The Bertz CT molecular complexity index is 331. The average Bonchev–Trinajstić information content (AvgIpc) is 1.94. The van der Waals surface area contributed by atoms with E-state index in [-0.39, 0.29) is 5.41 Å². The van der Waals surface area contributed by atoms with Crippen LogP contribution in [0.3, 0.4) is 0 Å². The molecule has 0 aliphatic carbocycles. The summed E-state index contributed by atoms with van der Waals surface area (Å²) in [6.07, 6.45) is 0. The number of hydrogen-bond acceptors (Lipinski definition) is 3. The number of nitrogen functional groups attached to an aromatic ring is 1. The van der Waals surface area contributed by atoms with Crippen molar-refractivity contribution in [2.24, 2.45) is 0 Å². The molecule has 1 heterocycles. The van der Waals surface area contributed by atoms with Crippen molar-refractivity contribution >= 4 is 37.7 Å². The molecule has 1 aromatic heterocycles. The largest absolute Gasteiger partial charge is 0.381 e. The second-order valence-electron chi connectivity index (χ2n) is 3.79. The Hall–Kier alpha value is -0.160. The van der Waals surface area contributed by atoms with E-state index in [1.807, 2.05) is 0 Å². The van der Waals surface area contributed by atoms with Crippen LogP contribution < -0.4 is 5.73 Å². The smallest absolute Gasteiger partial charge is 0.157 e. The molecule has 0 aromatic carbocycles. The van der Waals surface area contributed by atoms with E-state index >= 15 is 0 Å². The van der Waals surface area contributed by atoms with Gasteiger partial charge in [0.2, 0.25) is 0 Å². The topological polar surface area (TPSA) is 51.8 Å². The number of rotatable bonds is 0. The third-order valence-corrected chi connectivity index (χ3v) is 2.68. The summed E-state index contributed by atoms with van der Waals surface area (Å²) in [7, 11) is 0. The fraction of sp³-hybridized carbons (Fsp3) is 0.500. The summed E-state index contributed by atoms with van der Waals surface area (Å²) < 4.78 is 1.31. The predicted molar refractivity (Wildman–Crippen MR) is 60.5 cm³/mol. The van der Waals surface area contributed by atoms with Gasteiger partial charge in [-0.2, -0.15) is 0 Å². The normalized spacial score (nSPS) is 11.8. The van der Waals surface area contributed by atoms with Gasteiger partial charge in [-0.25, -0.2) is 9.97 Å². The zero-order valence-electron chi connectivity index (χ0n) is 7.73. The summed E-state index contributed by atoms with van der Waals surface area (Å²) in [5.74, 6) is 0.424. The van der Waals surface area contributed by atoms with Crippen LogP contribution in [0, 0.1) is 0 Å². The Kier molecular flexibility index (Phi) is 2.97.